The smallest absolute Gasteiger partial charge is 0.254 e. The maximum atomic E-state index is 12.9. The minimum absolute atomic E-state index is 0.0635. The number of hydrogen-bond acceptors (Lipinski definition) is 3. The van der Waals surface area contributed by atoms with Crippen molar-refractivity contribution in [3.63, 3.8) is 0 Å². The molecule has 1 aliphatic heterocycles. The average molecular weight is 472 g/mol. The third-order valence-corrected chi connectivity index (χ3v) is 6.68. The summed E-state index contributed by atoms with van der Waals surface area (Å²) in [4.78, 5) is 33.3. The van der Waals surface area contributed by atoms with E-state index in [1.807, 2.05) is 53.4 Å². The molecule has 0 bridgehead atoms. The van der Waals surface area contributed by atoms with Gasteiger partial charge in [-0.15, -0.1) is 0 Å². The van der Waals surface area contributed by atoms with Gasteiger partial charge in [-0.05, 0) is 36.2 Å². The molecule has 0 unspecified atom stereocenters. The molecule has 1 heterocycles. The molecular formula is C28H26ClN3O2. The fourth-order valence-electron chi connectivity index (χ4n) is 4.38. The SMILES string of the molecule is [C-]#[N+]c1cccc(C(=O)Cc2cccc(CN3CCN(C(=O)c4ccccc4)[C@@H](C)C3)c2Cl)c1. The summed E-state index contributed by atoms with van der Waals surface area (Å²) in [5, 5.41) is 0.604. The normalized spacial score (nSPS) is 16.1. The van der Waals surface area contributed by atoms with Crippen LogP contribution in [0.25, 0.3) is 4.85 Å². The number of Topliss-reactive ketones (excluding diaryl/α,β-unsaturated/α-hetero) is 1. The van der Waals surface area contributed by atoms with Gasteiger partial charge in [0.2, 0.25) is 0 Å². The van der Waals surface area contributed by atoms with Crippen molar-refractivity contribution in [1.29, 1.82) is 0 Å². The summed E-state index contributed by atoms with van der Waals surface area (Å²) in [5.74, 6) is -0.000195. The van der Waals surface area contributed by atoms with E-state index in [0.29, 0.717) is 34.9 Å². The van der Waals surface area contributed by atoms with E-state index in [0.717, 1.165) is 24.2 Å². The number of benzene rings is 3. The van der Waals surface area contributed by atoms with E-state index in [1.54, 1.807) is 24.3 Å². The second kappa shape index (κ2) is 10.6. The van der Waals surface area contributed by atoms with Crippen LogP contribution in [0.5, 0.6) is 0 Å². The fraction of sp³-hybridized carbons (Fsp3) is 0.250. The van der Waals surface area contributed by atoms with Gasteiger partial charge in [0.05, 0.1) is 6.57 Å². The Bertz CT molecular complexity index is 1240. The lowest BCUT2D eigenvalue weighted by Crippen LogP contribution is -2.53. The van der Waals surface area contributed by atoms with Crippen LogP contribution in [0.1, 0.15) is 38.8 Å². The molecule has 1 amide bonds. The van der Waals surface area contributed by atoms with Crippen molar-refractivity contribution < 1.29 is 9.59 Å². The fourth-order valence-corrected chi connectivity index (χ4v) is 4.63. The second-order valence-corrected chi connectivity index (χ2v) is 8.98. The van der Waals surface area contributed by atoms with E-state index in [9.17, 15) is 9.59 Å². The monoisotopic (exact) mass is 471 g/mol. The Morgan fingerprint density at radius 3 is 2.41 bits per heavy atom. The molecular weight excluding hydrogens is 446 g/mol. The Morgan fingerprint density at radius 2 is 1.68 bits per heavy atom. The number of rotatable bonds is 6. The molecule has 0 aromatic heterocycles. The van der Waals surface area contributed by atoms with Gasteiger partial charge in [0, 0.05) is 54.8 Å². The summed E-state index contributed by atoms with van der Waals surface area (Å²) in [6.07, 6.45) is 0.184. The van der Waals surface area contributed by atoms with E-state index < -0.39 is 0 Å². The Kier molecular flexibility index (Phi) is 7.42. The number of carbonyl (C=O) groups excluding carboxylic acids is 2. The lowest BCUT2D eigenvalue weighted by molar-refractivity contribution is 0.0475. The van der Waals surface area contributed by atoms with Gasteiger partial charge in [-0.2, -0.15) is 0 Å². The van der Waals surface area contributed by atoms with Gasteiger partial charge in [0.25, 0.3) is 5.91 Å². The summed E-state index contributed by atoms with van der Waals surface area (Å²) in [5.41, 5.74) is 3.43. The molecule has 172 valence electrons. The number of amides is 1. The van der Waals surface area contributed by atoms with Gasteiger partial charge in [0.1, 0.15) is 0 Å². The van der Waals surface area contributed by atoms with Crippen LogP contribution in [0.2, 0.25) is 5.02 Å². The van der Waals surface area contributed by atoms with Crippen LogP contribution < -0.4 is 0 Å². The van der Waals surface area contributed by atoms with Crippen molar-refractivity contribution in [3.8, 4) is 0 Å². The lowest BCUT2D eigenvalue weighted by Gasteiger charge is -2.40. The molecule has 3 aromatic carbocycles. The van der Waals surface area contributed by atoms with Crippen LogP contribution in [0, 0.1) is 6.57 Å². The van der Waals surface area contributed by atoms with Crippen LogP contribution in [0.4, 0.5) is 5.69 Å². The van der Waals surface area contributed by atoms with Crippen LogP contribution in [-0.2, 0) is 13.0 Å². The first kappa shape index (κ1) is 23.7. The molecule has 1 aliphatic rings. The molecule has 1 saturated heterocycles. The van der Waals surface area contributed by atoms with Crippen molar-refractivity contribution in [1.82, 2.24) is 9.80 Å². The quantitative estimate of drug-likeness (QED) is 0.344. The first-order valence-corrected chi connectivity index (χ1v) is 11.7. The Hall–Kier alpha value is -3.46. The molecule has 0 spiro atoms. The van der Waals surface area contributed by atoms with Gasteiger partial charge in [-0.1, -0.05) is 66.2 Å². The topological polar surface area (TPSA) is 45.0 Å². The molecule has 0 saturated carbocycles. The molecule has 34 heavy (non-hydrogen) atoms. The maximum absolute atomic E-state index is 12.9. The lowest BCUT2D eigenvalue weighted by atomic mass is 10.0. The summed E-state index contributed by atoms with van der Waals surface area (Å²) < 4.78 is 0. The number of halogens is 1. The largest absolute Gasteiger partial charge is 0.333 e. The number of piperazine rings is 1. The molecule has 0 aliphatic carbocycles. The summed E-state index contributed by atoms with van der Waals surface area (Å²) in [6.45, 7) is 12.0. The highest BCUT2D eigenvalue weighted by molar-refractivity contribution is 6.32. The Labute approximate surface area is 205 Å². The third-order valence-electron chi connectivity index (χ3n) is 6.19. The number of ketones is 1. The number of hydrogen-bond donors (Lipinski definition) is 0. The maximum Gasteiger partial charge on any atom is 0.254 e. The van der Waals surface area contributed by atoms with Crippen molar-refractivity contribution in [2.24, 2.45) is 0 Å². The van der Waals surface area contributed by atoms with Crippen LogP contribution in [-0.4, -0.2) is 47.2 Å². The predicted octanol–water partition coefficient (Wildman–Crippen LogP) is 5.66. The van der Waals surface area contributed by atoms with Crippen molar-refractivity contribution in [2.75, 3.05) is 19.6 Å². The zero-order chi connectivity index (χ0) is 24.1. The minimum Gasteiger partial charge on any atom is -0.333 e. The summed E-state index contributed by atoms with van der Waals surface area (Å²) in [7, 11) is 0. The van der Waals surface area contributed by atoms with Gasteiger partial charge in [-0.25, -0.2) is 4.85 Å². The van der Waals surface area contributed by atoms with E-state index in [-0.39, 0.29) is 24.2 Å². The molecule has 0 N–H and O–H groups in total. The standard InChI is InChI=1S/C28H26ClN3O2/c1-20-18-31(14-15-32(20)28(34)21-8-4-3-5-9-21)19-24-12-6-11-23(27(24)29)17-26(33)22-10-7-13-25(16-22)30-2/h3-13,16,20H,14-15,17-19H2,1H3/t20-/m0/s1. The van der Waals surface area contributed by atoms with Crippen LogP contribution >= 0.6 is 11.6 Å². The van der Waals surface area contributed by atoms with Crippen LogP contribution in [0.3, 0.4) is 0 Å². The third kappa shape index (κ3) is 5.36. The molecule has 6 heteroatoms. The van der Waals surface area contributed by atoms with Crippen molar-refractivity contribution in [2.45, 2.75) is 25.9 Å². The summed E-state index contributed by atoms with van der Waals surface area (Å²) >= 11 is 6.72. The Morgan fingerprint density at radius 1 is 0.971 bits per heavy atom. The van der Waals surface area contributed by atoms with Crippen molar-refractivity contribution >= 4 is 29.0 Å². The first-order chi connectivity index (χ1) is 16.5. The zero-order valence-electron chi connectivity index (χ0n) is 19.1. The highest BCUT2D eigenvalue weighted by Crippen LogP contribution is 2.26. The zero-order valence-corrected chi connectivity index (χ0v) is 19.8. The molecule has 1 atom stereocenters. The number of carbonyl (C=O) groups is 2. The highest BCUT2D eigenvalue weighted by Gasteiger charge is 2.28. The van der Waals surface area contributed by atoms with Gasteiger partial charge >= 0.3 is 0 Å². The van der Waals surface area contributed by atoms with E-state index in [1.165, 1.54) is 0 Å². The molecule has 3 aromatic rings. The van der Waals surface area contributed by atoms with E-state index in [4.69, 9.17) is 18.2 Å². The Balaban J connectivity index is 1.41. The minimum atomic E-state index is -0.0637. The van der Waals surface area contributed by atoms with Gasteiger partial charge in [0.15, 0.2) is 11.5 Å². The second-order valence-electron chi connectivity index (χ2n) is 8.60. The van der Waals surface area contributed by atoms with Gasteiger partial charge < -0.3 is 4.90 Å². The van der Waals surface area contributed by atoms with Crippen molar-refractivity contribution in [3.05, 3.63) is 111 Å². The van der Waals surface area contributed by atoms with E-state index >= 15 is 0 Å². The number of nitrogens with zero attached hydrogens (tertiary/aromatic N) is 3. The van der Waals surface area contributed by atoms with Gasteiger partial charge in [-0.3, -0.25) is 14.5 Å². The highest BCUT2D eigenvalue weighted by atomic mass is 35.5. The van der Waals surface area contributed by atoms with E-state index in [2.05, 4.69) is 16.7 Å². The molecule has 0 radical (unpaired) electrons. The molecule has 1 fully saturated rings. The predicted molar refractivity (Wildman–Crippen MR) is 134 cm³/mol. The average Bonchev–Trinajstić information content (AvgIpc) is 2.86. The molecule has 5 nitrogen and oxygen atoms in total. The van der Waals surface area contributed by atoms with Crippen LogP contribution in [0.15, 0.2) is 72.8 Å². The summed E-state index contributed by atoms with van der Waals surface area (Å²) in [6, 6.07) is 22.0. The molecule has 4 rings (SSSR count). The first-order valence-electron chi connectivity index (χ1n) is 11.3.